The fraction of sp³-hybridized carbons (Fsp3) is 0.958. The van der Waals surface area contributed by atoms with Crippen LogP contribution >= 0.6 is 0 Å². The number of fused-ring (bicyclic) bond motifs is 5. The van der Waals surface area contributed by atoms with E-state index in [0.717, 1.165) is 32.1 Å². The largest absolute Gasteiger partial charge is 0.481 e. The first-order valence-electron chi connectivity index (χ1n) is 11.7. The number of carboxylic acids is 1. The summed E-state index contributed by atoms with van der Waals surface area (Å²) in [6.07, 6.45) is 9.19. The van der Waals surface area contributed by atoms with Gasteiger partial charge >= 0.3 is 5.97 Å². The normalized spacial score (nSPS) is 49.9. The van der Waals surface area contributed by atoms with E-state index in [4.69, 9.17) is 5.11 Å². The summed E-state index contributed by atoms with van der Waals surface area (Å²) in [6, 6.07) is 0. The molecule has 0 amide bonds. The van der Waals surface area contributed by atoms with E-state index in [0.29, 0.717) is 35.5 Å². The molecule has 29 heavy (non-hydrogen) atoms. The van der Waals surface area contributed by atoms with Gasteiger partial charge in [-0.3, -0.25) is 4.79 Å². The van der Waals surface area contributed by atoms with Gasteiger partial charge in [-0.15, -0.1) is 0 Å². The number of rotatable bonds is 4. The first-order chi connectivity index (χ1) is 13.2. The van der Waals surface area contributed by atoms with Crippen molar-refractivity contribution in [2.45, 2.75) is 97.2 Å². The van der Waals surface area contributed by atoms with E-state index in [1.807, 2.05) is 0 Å². The van der Waals surface area contributed by atoms with Gasteiger partial charge in [0.15, 0.2) is 0 Å². The van der Waals surface area contributed by atoms with Crippen molar-refractivity contribution in [1.29, 1.82) is 0 Å². The molecule has 4 aliphatic rings. The molecule has 4 nitrogen and oxygen atoms in total. The Bertz CT molecular complexity index is 612. The molecular formula is C24H40BaO4. The molecule has 0 unspecified atom stereocenters. The fourth-order valence-electron chi connectivity index (χ4n) is 8.73. The summed E-state index contributed by atoms with van der Waals surface area (Å²) in [7, 11) is 0. The second kappa shape index (κ2) is 9.07. The van der Waals surface area contributed by atoms with Crippen molar-refractivity contribution < 1.29 is 20.1 Å². The van der Waals surface area contributed by atoms with Crippen LogP contribution in [0.15, 0.2) is 0 Å². The Morgan fingerprint density at radius 3 is 2.34 bits per heavy atom. The van der Waals surface area contributed by atoms with E-state index in [1.54, 1.807) is 0 Å². The number of aliphatic carboxylic acids is 1. The van der Waals surface area contributed by atoms with Crippen LogP contribution in [0.5, 0.6) is 0 Å². The number of carboxylic acid groups (broad SMARTS) is 1. The predicted molar refractivity (Wildman–Crippen MR) is 114 cm³/mol. The number of carbonyl (C=O) groups is 1. The molecule has 10 atom stereocenters. The second-order valence-corrected chi connectivity index (χ2v) is 11.4. The monoisotopic (exact) mass is 530 g/mol. The molecule has 162 valence electrons. The molecule has 0 aromatic rings. The molecule has 0 heterocycles. The molecule has 4 aliphatic carbocycles. The number of hydrogen-bond donors (Lipinski definition) is 3. The third-order valence-corrected chi connectivity index (χ3v) is 10.2. The summed E-state index contributed by atoms with van der Waals surface area (Å²) in [6.45, 7) is 7.16. The van der Waals surface area contributed by atoms with Gasteiger partial charge in [-0.25, -0.2) is 0 Å². The van der Waals surface area contributed by atoms with Crippen LogP contribution in [0.1, 0.15) is 85.0 Å². The van der Waals surface area contributed by atoms with Crippen LogP contribution in [0.25, 0.3) is 0 Å². The van der Waals surface area contributed by atoms with Crippen LogP contribution in [0.2, 0.25) is 0 Å². The van der Waals surface area contributed by atoms with Gasteiger partial charge < -0.3 is 15.3 Å². The number of hydrogen-bond acceptors (Lipinski definition) is 3. The Hall–Kier alpha value is 0.961. The van der Waals surface area contributed by atoms with Gasteiger partial charge in [0, 0.05) is 55.3 Å². The molecule has 5 heteroatoms. The van der Waals surface area contributed by atoms with Gasteiger partial charge in [-0.05, 0) is 104 Å². The summed E-state index contributed by atoms with van der Waals surface area (Å²) in [4.78, 5) is 11.1. The molecule has 4 rings (SSSR count). The van der Waals surface area contributed by atoms with Gasteiger partial charge in [-0.2, -0.15) is 0 Å². The fourth-order valence-corrected chi connectivity index (χ4v) is 8.73. The smallest absolute Gasteiger partial charge is 0.303 e. The van der Waals surface area contributed by atoms with Gasteiger partial charge in [0.2, 0.25) is 0 Å². The zero-order valence-corrected chi connectivity index (χ0v) is 23.1. The second-order valence-electron chi connectivity index (χ2n) is 11.4. The number of aliphatic hydroxyl groups is 2. The molecule has 0 saturated heterocycles. The van der Waals surface area contributed by atoms with Crippen LogP contribution < -0.4 is 0 Å². The average Bonchev–Trinajstić information content (AvgIpc) is 2.98. The maximum Gasteiger partial charge on any atom is 0.303 e. The van der Waals surface area contributed by atoms with E-state index in [2.05, 4.69) is 20.8 Å². The Labute approximate surface area is 216 Å². The summed E-state index contributed by atoms with van der Waals surface area (Å²) in [5, 5.41) is 30.5. The van der Waals surface area contributed by atoms with Crippen molar-refractivity contribution in [3.63, 3.8) is 0 Å². The maximum absolute atomic E-state index is 11.2. The van der Waals surface area contributed by atoms with Crippen molar-refractivity contribution in [2.24, 2.45) is 46.3 Å². The molecule has 4 saturated carbocycles. The third kappa shape index (κ3) is 4.18. The minimum atomic E-state index is -0.684. The van der Waals surface area contributed by atoms with E-state index in [9.17, 15) is 15.0 Å². The first-order valence-corrected chi connectivity index (χ1v) is 11.7. The molecular weight excluding hydrogens is 490 g/mol. The first kappa shape index (κ1) is 24.6. The van der Waals surface area contributed by atoms with Gasteiger partial charge in [0.1, 0.15) is 0 Å². The zero-order valence-electron chi connectivity index (χ0n) is 18.6. The minimum absolute atomic E-state index is 0. The Morgan fingerprint density at radius 1 is 1.00 bits per heavy atom. The molecule has 0 aromatic heterocycles. The van der Waals surface area contributed by atoms with Crippen molar-refractivity contribution in [2.75, 3.05) is 0 Å². The molecule has 3 N–H and O–H groups in total. The maximum atomic E-state index is 11.2. The molecule has 0 aliphatic heterocycles. The molecule has 0 bridgehead atoms. The van der Waals surface area contributed by atoms with E-state index in [1.165, 1.54) is 25.7 Å². The van der Waals surface area contributed by atoms with Gasteiger partial charge in [0.05, 0.1) is 12.2 Å². The van der Waals surface area contributed by atoms with Crippen LogP contribution in [-0.2, 0) is 4.79 Å². The van der Waals surface area contributed by atoms with E-state index < -0.39 is 5.97 Å². The minimum Gasteiger partial charge on any atom is -0.481 e. The number of aliphatic hydroxyl groups excluding tert-OH is 2. The van der Waals surface area contributed by atoms with Gasteiger partial charge in [-0.1, -0.05) is 20.8 Å². The zero-order chi connectivity index (χ0) is 20.3. The van der Waals surface area contributed by atoms with Crippen molar-refractivity contribution in [1.82, 2.24) is 0 Å². The SMILES string of the molecule is C[C@H](CCC(=O)O)[C@H]1CC[C@H]2[C@@H]3[C@H](O)C[C@@H]4C[C@H](O)CC[C@]4(C)[C@H]3CC[C@]12C.[Ba]. The Morgan fingerprint density at radius 2 is 1.66 bits per heavy atom. The summed E-state index contributed by atoms with van der Waals surface area (Å²) in [5.41, 5.74) is 0.523. The summed E-state index contributed by atoms with van der Waals surface area (Å²) >= 11 is 0. The topological polar surface area (TPSA) is 77.8 Å². The quantitative estimate of drug-likeness (QED) is 0.479. The summed E-state index contributed by atoms with van der Waals surface area (Å²) < 4.78 is 0. The van der Waals surface area contributed by atoms with Crippen molar-refractivity contribution in [3.05, 3.63) is 0 Å². The standard InChI is InChI=1S/C24H40O4.Ba/c1-14(4-7-21(27)28)17-5-6-18-22-19(9-11-24(17,18)3)23(2)10-8-16(25)12-15(23)13-20(22)26;/h14-20,22,25-26H,4-13H2,1-3H3,(H,27,28);/t14-,15+,16-,17-,18+,19+,20-,22+,23+,24-;/m1./s1. The summed E-state index contributed by atoms with van der Waals surface area (Å²) in [5.74, 6) is 2.36. The molecule has 4 fully saturated rings. The van der Waals surface area contributed by atoms with Gasteiger partial charge in [0.25, 0.3) is 0 Å². The average molecular weight is 530 g/mol. The van der Waals surface area contributed by atoms with E-state index >= 15 is 0 Å². The molecule has 0 spiro atoms. The third-order valence-electron chi connectivity index (χ3n) is 10.2. The van der Waals surface area contributed by atoms with E-state index in [-0.39, 0.29) is 78.3 Å². The Balaban J connectivity index is 0.00000240. The molecule has 2 radical (unpaired) electrons. The van der Waals surface area contributed by atoms with Crippen LogP contribution in [0.4, 0.5) is 0 Å². The Kier molecular flexibility index (Phi) is 7.70. The van der Waals surface area contributed by atoms with Crippen molar-refractivity contribution in [3.8, 4) is 0 Å². The van der Waals surface area contributed by atoms with Crippen molar-refractivity contribution >= 4 is 54.9 Å². The van der Waals surface area contributed by atoms with Crippen LogP contribution in [0.3, 0.4) is 0 Å². The molecule has 0 aromatic carbocycles. The van der Waals surface area contributed by atoms with Crippen LogP contribution in [0, 0.1) is 46.3 Å². The predicted octanol–water partition coefficient (Wildman–Crippen LogP) is 4.10. The van der Waals surface area contributed by atoms with Crippen LogP contribution in [-0.4, -0.2) is 82.4 Å².